The number of thioether (sulfide) groups is 1. The van der Waals surface area contributed by atoms with Crippen LogP contribution in [0.5, 0.6) is 0 Å². The highest BCUT2D eigenvalue weighted by molar-refractivity contribution is 8.14. The third kappa shape index (κ3) is 4.00. The van der Waals surface area contributed by atoms with Crippen LogP contribution >= 0.6 is 11.8 Å². The Hall–Kier alpha value is -0.970. The van der Waals surface area contributed by atoms with Crippen molar-refractivity contribution in [3.05, 3.63) is 18.0 Å². The van der Waals surface area contributed by atoms with Crippen LogP contribution in [0, 0.1) is 5.92 Å². The van der Waals surface area contributed by atoms with E-state index in [1.54, 1.807) is 0 Å². The summed E-state index contributed by atoms with van der Waals surface area (Å²) in [6, 6.07) is 0. The maximum Gasteiger partial charge on any atom is 0.156 e. The second kappa shape index (κ2) is 6.98. The average molecular weight is 280 g/mol. The number of nitrogens with one attached hydrogen (secondary N) is 1. The lowest BCUT2D eigenvalue weighted by Gasteiger charge is -2.18. The molecule has 0 radical (unpaired) electrons. The topological polar surface area (TPSA) is 42.2 Å². The van der Waals surface area contributed by atoms with Crippen LogP contribution in [-0.2, 0) is 13.5 Å². The Bertz CT molecular complexity index is 423. The zero-order valence-corrected chi connectivity index (χ0v) is 12.9. The Balaban J connectivity index is 1.70. The van der Waals surface area contributed by atoms with E-state index in [2.05, 4.69) is 35.5 Å². The van der Waals surface area contributed by atoms with Gasteiger partial charge < -0.3 is 5.32 Å². The summed E-state index contributed by atoms with van der Waals surface area (Å²) in [5.41, 5.74) is 1.27. The molecule has 0 bridgehead atoms. The summed E-state index contributed by atoms with van der Waals surface area (Å²) in [5.74, 6) is 0.798. The average Bonchev–Trinajstić information content (AvgIpc) is 3.01. The highest BCUT2D eigenvalue weighted by Crippen LogP contribution is 2.30. The van der Waals surface area contributed by atoms with Crippen molar-refractivity contribution in [3.8, 4) is 0 Å². The van der Waals surface area contributed by atoms with Crippen molar-refractivity contribution in [2.45, 2.75) is 38.4 Å². The van der Waals surface area contributed by atoms with Gasteiger partial charge in [-0.1, -0.05) is 38.5 Å². The predicted octanol–water partition coefficient (Wildman–Crippen LogP) is 2.46. The summed E-state index contributed by atoms with van der Waals surface area (Å²) in [6.07, 6.45) is 7.51. The largest absolute Gasteiger partial charge is 0.365 e. The molecule has 0 saturated carbocycles. The van der Waals surface area contributed by atoms with E-state index in [-0.39, 0.29) is 0 Å². The van der Waals surface area contributed by atoms with Gasteiger partial charge in [0.2, 0.25) is 0 Å². The molecule has 1 aliphatic heterocycles. The van der Waals surface area contributed by atoms with E-state index in [0.29, 0.717) is 5.25 Å². The van der Waals surface area contributed by atoms with Crippen molar-refractivity contribution in [2.24, 2.45) is 18.0 Å². The van der Waals surface area contributed by atoms with Gasteiger partial charge in [-0.05, 0) is 17.9 Å². The van der Waals surface area contributed by atoms with E-state index in [1.807, 2.05) is 29.7 Å². The fraction of sp³-hybridized carbons (Fsp3) is 0.714. The maximum atomic E-state index is 4.62. The number of amidine groups is 1. The first kappa shape index (κ1) is 14.4. The zero-order valence-electron chi connectivity index (χ0n) is 12.1. The number of aromatic nitrogens is 2. The molecule has 4 nitrogen and oxygen atoms in total. The number of nitrogens with zero attached hydrogens (tertiary/aromatic N) is 3. The van der Waals surface area contributed by atoms with Crippen molar-refractivity contribution >= 4 is 16.9 Å². The second-order valence-corrected chi connectivity index (χ2v) is 6.31. The van der Waals surface area contributed by atoms with Gasteiger partial charge in [-0.2, -0.15) is 5.10 Å². The lowest BCUT2D eigenvalue weighted by atomic mass is 9.99. The van der Waals surface area contributed by atoms with Crippen LogP contribution in [0.15, 0.2) is 17.4 Å². The van der Waals surface area contributed by atoms with Gasteiger partial charge in [-0.3, -0.25) is 9.67 Å². The molecular formula is C14H24N4S. The minimum Gasteiger partial charge on any atom is -0.365 e. The highest BCUT2D eigenvalue weighted by Gasteiger charge is 2.25. The molecule has 1 N–H and O–H groups in total. The van der Waals surface area contributed by atoms with E-state index in [1.165, 1.54) is 18.4 Å². The van der Waals surface area contributed by atoms with Gasteiger partial charge in [0, 0.05) is 25.0 Å². The first-order valence-corrected chi connectivity index (χ1v) is 8.03. The zero-order chi connectivity index (χ0) is 13.7. The summed E-state index contributed by atoms with van der Waals surface area (Å²) in [6.45, 7) is 6.48. The molecule has 0 aliphatic carbocycles. The molecule has 0 fully saturated rings. The van der Waals surface area contributed by atoms with E-state index < -0.39 is 0 Å². The number of aliphatic imine (C=N–C) groups is 1. The van der Waals surface area contributed by atoms with Gasteiger partial charge >= 0.3 is 0 Å². The van der Waals surface area contributed by atoms with Crippen molar-refractivity contribution in [1.82, 2.24) is 15.1 Å². The Morgan fingerprint density at radius 2 is 2.26 bits per heavy atom. The van der Waals surface area contributed by atoms with E-state index in [0.717, 1.165) is 30.6 Å². The minimum absolute atomic E-state index is 0.677. The molecule has 19 heavy (non-hydrogen) atoms. The normalized spacial score (nSPS) is 18.9. The lowest BCUT2D eigenvalue weighted by Crippen LogP contribution is -2.23. The SMILES string of the molecule is CCC(CC)C1CN=C(NCCc2cnn(C)c2)S1. The fourth-order valence-electron chi connectivity index (χ4n) is 2.46. The van der Waals surface area contributed by atoms with Gasteiger partial charge in [-0.25, -0.2) is 0 Å². The van der Waals surface area contributed by atoms with Crippen molar-refractivity contribution in [3.63, 3.8) is 0 Å². The van der Waals surface area contributed by atoms with Crippen LogP contribution in [0.1, 0.15) is 32.3 Å². The molecule has 5 heteroatoms. The summed E-state index contributed by atoms with van der Waals surface area (Å²) in [7, 11) is 1.95. The van der Waals surface area contributed by atoms with E-state index in [4.69, 9.17) is 0 Å². The molecule has 0 aromatic carbocycles. The summed E-state index contributed by atoms with van der Waals surface area (Å²) in [4.78, 5) is 4.62. The molecule has 1 aromatic heterocycles. The standard InChI is InChI=1S/C14H24N4S/c1-4-12(5-2)13-9-16-14(19-13)15-7-6-11-8-17-18(3)10-11/h8,10,12-13H,4-7,9H2,1-3H3,(H,15,16). The number of rotatable bonds is 6. The molecule has 1 atom stereocenters. The first-order chi connectivity index (χ1) is 9.22. The molecule has 0 amide bonds. The molecule has 1 aromatic rings. The van der Waals surface area contributed by atoms with Crippen LogP contribution in [0.3, 0.4) is 0 Å². The molecule has 106 valence electrons. The fourth-order valence-corrected chi connectivity index (χ4v) is 3.81. The van der Waals surface area contributed by atoms with Crippen LogP contribution in [-0.4, -0.2) is 33.3 Å². The number of hydrogen-bond donors (Lipinski definition) is 1. The van der Waals surface area contributed by atoms with Crippen LogP contribution in [0.4, 0.5) is 0 Å². The van der Waals surface area contributed by atoms with E-state index >= 15 is 0 Å². The van der Waals surface area contributed by atoms with Crippen LogP contribution < -0.4 is 5.32 Å². The molecule has 1 unspecified atom stereocenters. The van der Waals surface area contributed by atoms with Crippen molar-refractivity contribution in [2.75, 3.05) is 13.1 Å². The van der Waals surface area contributed by atoms with Gasteiger partial charge in [0.1, 0.15) is 0 Å². The Labute approximate surface area is 120 Å². The summed E-state index contributed by atoms with van der Waals surface area (Å²) in [5, 5.41) is 9.43. The van der Waals surface area contributed by atoms with E-state index in [9.17, 15) is 0 Å². The highest BCUT2D eigenvalue weighted by atomic mass is 32.2. The molecule has 2 rings (SSSR count). The van der Waals surface area contributed by atoms with Crippen LogP contribution in [0.2, 0.25) is 0 Å². The smallest absolute Gasteiger partial charge is 0.156 e. The summed E-state index contributed by atoms with van der Waals surface area (Å²) >= 11 is 1.93. The lowest BCUT2D eigenvalue weighted by molar-refractivity contribution is 0.479. The molecule has 0 saturated heterocycles. The Morgan fingerprint density at radius 1 is 1.47 bits per heavy atom. The monoisotopic (exact) mass is 280 g/mol. The van der Waals surface area contributed by atoms with Gasteiger partial charge in [0.05, 0.1) is 12.7 Å². The third-order valence-electron chi connectivity index (χ3n) is 3.70. The first-order valence-electron chi connectivity index (χ1n) is 7.15. The molecule has 0 spiro atoms. The minimum atomic E-state index is 0.677. The van der Waals surface area contributed by atoms with Crippen molar-refractivity contribution in [1.29, 1.82) is 0 Å². The van der Waals surface area contributed by atoms with Crippen molar-refractivity contribution < 1.29 is 0 Å². The predicted molar refractivity (Wildman–Crippen MR) is 82.7 cm³/mol. The van der Waals surface area contributed by atoms with Crippen LogP contribution in [0.25, 0.3) is 0 Å². The second-order valence-electron chi connectivity index (χ2n) is 5.08. The summed E-state index contributed by atoms with van der Waals surface area (Å²) < 4.78 is 1.85. The quantitative estimate of drug-likeness (QED) is 0.870. The number of aryl methyl sites for hydroxylation is 1. The van der Waals surface area contributed by atoms with Gasteiger partial charge in [0.25, 0.3) is 0 Å². The molecular weight excluding hydrogens is 256 g/mol. The Morgan fingerprint density at radius 3 is 2.89 bits per heavy atom. The van der Waals surface area contributed by atoms with Gasteiger partial charge in [0.15, 0.2) is 5.17 Å². The molecule has 2 heterocycles. The Kier molecular flexibility index (Phi) is 5.31. The number of hydrogen-bond acceptors (Lipinski definition) is 4. The maximum absolute atomic E-state index is 4.62. The molecule has 1 aliphatic rings. The third-order valence-corrected chi connectivity index (χ3v) is 5.03. The van der Waals surface area contributed by atoms with Gasteiger partial charge in [-0.15, -0.1) is 0 Å².